The summed E-state index contributed by atoms with van der Waals surface area (Å²) in [5.41, 5.74) is -0.318. The number of benzene rings is 1. The van der Waals surface area contributed by atoms with Crippen LogP contribution in [-0.4, -0.2) is 52.1 Å². The third-order valence-corrected chi connectivity index (χ3v) is 3.46. The number of hydrogen-bond donors (Lipinski definition) is 2. The molecule has 0 atom stereocenters. The Bertz CT molecular complexity index is 949. The van der Waals surface area contributed by atoms with Crippen LogP contribution in [0.3, 0.4) is 0 Å². The number of carbonyl (C=O) groups is 3. The van der Waals surface area contributed by atoms with E-state index < -0.39 is 29.2 Å². The SMILES string of the molecule is COCOc1ccc2c(c1)c(/C(O)=C/C(=O)C(=O)O)cn2C(=O)OC(C)(C)C. The summed E-state index contributed by atoms with van der Waals surface area (Å²) in [5, 5.41) is 19.4. The Kier molecular flexibility index (Phi) is 6.09. The summed E-state index contributed by atoms with van der Waals surface area (Å²) >= 11 is 0. The third-order valence-electron chi connectivity index (χ3n) is 3.46. The Morgan fingerprint density at radius 1 is 1.18 bits per heavy atom. The van der Waals surface area contributed by atoms with Crippen molar-refractivity contribution in [1.82, 2.24) is 4.57 Å². The fraction of sp³-hybridized carbons (Fsp3) is 0.316. The molecule has 9 nitrogen and oxygen atoms in total. The molecule has 0 saturated heterocycles. The molecule has 9 heteroatoms. The highest BCUT2D eigenvalue weighted by molar-refractivity contribution is 6.38. The first-order valence-corrected chi connectivity index (χ1v) is 8.22. The van der Waals surface area contributed by atoms with E-state index in [4.69, 9.17) is 19.3 Å². The van der Waals surface area contributed by atoms with Gasteiger partial charge in [-0.25, -0.2) is 9.59 Å². The van der Waals surface area contributed by atoms with Crippen molar-refractivity contribution < 1.29 is 38.8 Å². The Hall–Kier alpha value is -3.33. The number of hydrogen-bond acceptors (Lipinski definition) is 7. The van der Waals surface area contributed by atoms with E-state index in [1.54, 1.807) is 32.9 Å². The summed E-state index contributed by atoms with van der Waals surface area (Å²) in [6.45, 7) is 5.10. The molecule has 0 unspecified atom stereocenters. The summed E-state index contributed by atoms with van der Waals surface area (Å²) in [6.07, 6.45) is 1.13. The van der Waals surface area contributed by atoms with Crippen LogP contribution >= 0.6 is 0 Å². The molecule has 0 bridgehead atoms. The van der Waals surface area contributed by atoms with Crippen molar-refractivity contribution >= 4 is 34.5 Å². The Morgan fingerprint density at radius 2 is 1.86 bits per heavy atom. The van der Waals surface area contributed by atoms with Gasteiger partial charge >= 0.3 is 12.1 Å². The third kappa shape index (κ3) is 4.89. The number of methoxy groups -OCH3 is 1. The van der Waals surface area contributed by atoms with E-state index >= 15 is 0 Å². The first-order valence-electron chi connectivity index (χ1n) is 8.22. The Morgan fingerprint density at radius 3 is 2.43 bits per heavy atom. The van der Waals surface area contributed by atoms with Crippen LogP contribution in [0.5, 0.6) is 5.75 Å². The molecular weight excluding hydrogens is 370 g/mol. The number of carboxylic acid groups (broad SMARTS) is 1. The van der Waals surface area contributed by atoms with E-state index in [1.165, 1.54) is 19.4 Å². The molecule has 2 rings (SSSR count). The summed E-state index contributed by atoms with van der Waals surface area (Å²) in [7, 11) is 1.45. The molecule has 0 aliphatic carbocycles. The van der Waals surface area contributed by atoms with Crippen molar-refractivity contribution in [2.45, 2.75) is 26.4 Å². The van der Waals surface area contributed by atoms with Gasteiger partial charge in [-0.1, -0.05) is 0 Å². The predicted molar refractivity (Wildman–Crippen MR) is 99.3 cm³/mol. The molecule has 0 amide bonds. The molecule has 1 aromatic carbocycles. The number of aliphatic carboxylic acids is 1. The van der Waals surface area contributed by atoms with Crippen molar-refractivity contribution in [2.75, 3.05) is 13.9 Å². The van der Waals surface area contributed by atoms with E-state index in [0.29, 0.717) is 22.7 Å². The number of aromatic nitrogens is 1. The van der Waals surface area contributed by atoms with Crippen LogP contribution in [0.25, 0.3) is 16.7 Å². The molecule has 0 aliphatic heterocycles. The zero-order valence-electron chi connectivity index (χ0n) is 15.9. The van der Waals surface area contributed by atoms with Gasteiger partial charge in [0.2, 0.25) is 0 Å². The summed E-state index contributed by atoms with van der Waals surface area (Å²) in [4.78, 5) is 34.7. The average Bonchev–Trinajstić information content (AvgIpc) is 2.97. The zero-order chi connectivity index (χ0) is 21.1. The molecule has 0 spiro atoms. The van der Waals surface area contributed by atoms with Gasteiger partial charge in [0.25, 0.3) is 5.78 Å². The molecule has 1 aromatic heterocycles. The van der Waals surface area contributed by atoms with Gasteiger partial charge in [0.1, 0.15) is 17.1 Å². The molecule has 0 aliphatic rings. The largest absolute Gasteiger partial charge is 0.507 e. The number of carbonyl (C=O) groups excluding carboxylic acids is 2. The topological polar surface area (TPSA) is 124 Å². The summed E-state index contributed by atoms with van der Waals surface area (Å²) in [5.74, 6) is -3.24. The second kappa shape index (κ2) is 8.13. The number of ether oxygens (including phenoxy) is 3. The number of fused-ring (bicyclic) bond motifs is 1. The number of ketones is 1. The molecule has 28 heavy (non-hydrogen) atoms. The molecule has 2 aromatic rings. The lowest BCUT2D eigenvalue weighted by Crippen LogP contribution is -2.26. The van der Waals surface area contributed by atoms with Crippen molar-refractivity contribution in [3.8, 4) is 5.75 Å². The fourth-order valence-corrected chi connectivity index (χ4v) is 2.36. The van der Waals surface area contributed by atoms with Crippen LogP contribution in [0.15, 0.2) is 30.5 Å². The van der Waals surface area contributed by atoms with E-state index in [9.17, 15) is 19.5 Å². The maximum Gasteiger partial charge on any atom is 0.419 e. The molecule has 0 radical (unpaired) electrons. The molecule has 0 saturated carbocycles. The zero-order valence-corrected chi connectivity index (χ0v) is 15.9. The molecule has 0 fully saturated rings. The van der Waals surface area contributed by atoms with Gasteiger partial charge < -0.3 is 24.4 Å². The first kappa shape index (κ1) is 21.0. The highest BCUT2D eigenvalue weighted by Gasteiger charge is 2.23. The number of carboxylic acids is 1. The first-order chi connectivity index (χ1) is 13.0. The van der Waals surface area contributed by atoms with Crippen LogP contribution in [0.4, 0.5) is 4.79 Å². The van der Waals surface area contributed by atoms with Crippen LogP contribution in [-0.2, 0) is 19.1 Å². The lowest BCUT2D eigenvalue weighted by molar-refractivity contribution is -0.146. The average molecular weight is 391 g/mol. The van der Waals surface area contributed by atoms with Gasteiger partial charge in [-0.2, -0.15) is 0 Å². The highest BCUT2D eigenvalue weighted by Crippen LogP contribution is 2.30. The molecular formula is C19H21NO8. The van der Waals surface area contributed by atoms with E-state index in [1.807, 2.05) is 0 Å². The standard InChI is InChI=1S/C19H21NO8/c1-19(2,3)28-18(25)20-9-13(15(21)8-16(22)17(23)24)12-7-11(27-10-26-4)5-6-14(12)20/h5-9,21H,10H2,1-4H3,(H,23,24)/b15-8-. The Labute approximate surface area is 160 Å². The lowest BCUT2D eigenvalue weighted by Gasteiger charge is -2.19. The highest BCUT2D eigenvalue weighted by atomic mass is 16.7. The van der Waals surface area contributed by atoms with Crippen molar-refractivity contribution in [2.24, 2.45) is 0 Å². The quantitative estimate of drug-likeness (QED) is 0.333. The van der Waals surface area contributed by atoms with Crippen molar-refractivity contribution in [3.05, 3.63) is 36.0 Å². The smallest absolute Gasteiger partial charge is 0.419 e. The minimum Gasteiger partial charge on any atom is -0.507 e. The van der Waals surface area contributed by atoms with Crippen LogP contribution < -0.4 is 4.74 Å². The van der Waals surface area contributed by atoms with Gasteiger partial charge in [0.15, 0.2) is 6.79 Å². The van der Waals surface area contributed by atoms with Crippen molar-refractivity contribution in [3.63, 3.8) is 0 Å². The minimum absolute atomic E-state index is 0.0209. The van der Waals surface area contributed by atoms with Crippen LogP contribution in [0.2, 0.25) is 0 Å². The van der Waals surface area contributed by atoms with Gasteiger partial charge in [-0.15, -0.1) is 0 Å². The van der Waals surface area contributed by atoms with Gasteiger partial charge in [0.05, 0.1) is 5.52 Å². The number of rotatable bonds is 6. The summed E-state index contributed by atoms with van der Waals surface area (Å²) < 4.78 is 16.7. The maximum atomic E-state index is 12.5. The second-order valence-corrected chi connectivity index (χ2v) is 6.82. The fourth-order valence-electron chi connectivity index (χ4n) is 2.36. The van der Waals surface area contributed by atoms with Crippen LogP contribution in [0, 0.1) is 0 Å². The van der Waals surface area contributed by atoms with Gasteiger partial charge in [0, 0.05) is 30.3 Å². The predicted octanol–water partition coefficient (Wildman–Crippen LogP) is 2.96. The Balaban J connectivity index is 2.61. The van der Waals surface area contributed by atoms with E-state index in [-0.39, 0.29) is 12.4 Å². The number of aliphatic hydroxyl groups is 1. The number of aliphatic hydroxyl groups excluding tert-OH is 1. The molecule has 1 heterocycles. The summed E-state index contributed by atoms with van der Waals surface area (Å²) in [6, 6.07) is 4.69. The monoisotopic (exact) mass is 391 g/mol. The maximum absolute atomic E-state index is 12.5. The lowest BCUT2D eigenvalue weighted by atomic mass is 10.1. The van der Waals surface area contributed by atoms with Gasteiger partial charge in [-0.05, 0) is 39.0 Å². The molecule has 150 valence electrons. The van der Waals surface area contributed by atoms with E-state index in [0.717, 1.165) is 4.57 Å². The van der Waals surface area contributed by atoms with Gasteiger partial charge in [-0.3, -0.25) is 9.36 Å². The van der Waals surface area contributed by atoms with Crippen molar-refractivity contribution in [1.29, 1.82) is 0 Å². The number of nitrogens with zero attached hydrogens (tertiary/aromatic N) is 1. The normalized spacial score (nSPS) is 12.1. The molecule has 2 N–H and O–H groups in total. The van der Waals surface area contributed by atoms with Crippen LogP contribution in [0.1, 0.15) is 26.3 Å². The second-order valence-electron chi connectivity index (χ2n) is 6.82. The van der Waals surface area contributed by atoms with E-state index in [2.05, 4.69) is 0 Å². The minimum atomic E-state index is -1.72.